The summed E-state index contributed by atoms with van der Waals surface area (Å²) < 4.78 is 5.24. The maximum atomic E-state index is 12.3. The molecule has 18 heavy (non-hydrogen) atoms. The second kappa shape index (κ2) is 5.06. The molecule has 1 aromatic heterocycles. The van der Waals surface area contributed by atoms with Crippen LogP contribution in [0.5, 0.6) is 0 Å². The second-order valence-electron chi connectivity index (χ2n) is 4.42. The highest BCUT2D eigenvalue weighted by Crippen LogP contribution is 2.29. The molecule has 1 saturated heterocycles. The highest BCUT2D eigenvalue weighted by atomic mass is 32.1. The Hall–Kier alpha value is -1.43. The van der Waals surface area contributed by atoms with Crippen LogP contribution in [0, 0.1) is 0 Å². The van der Waals surface area contributed by atoms with Gasteiger partial charge in [0.1, 0.15) is 5.76 Å². The predicted molar refractivity (Wildman–Crippen MR) is 69.4 cm³/mol. The third-order valence-corrected chi connectivity index (χ3v) is 3.40. The molecule has 0 bridgehead atoms. The SMILES string of the molecule is CC1(c2ccco2)NC(=O)N(CCCCS)C1=O. The molecule has 5 nitrogen and oxygen atoms in total. The van der Waals surface area contributed by atoms with E-state index < -0.39 is 5.54 Å². The molecule has 3 amide bonds. The van der Waals surface area contributed by atoms with E-state index in [1.165, 1.54) is 11.2 Å². The lowest BCUT2D eigenvalue weighted by Gasteiger charge is -2.18. The van der Waals surface area contributed by atoms with E-state index in [-0.39, 0.29) is 11.9 Å². The maximum absolute atomic E-state index is 12.3. The third kappa shape index (κ3) is 2.12. The fourth-order valence-corrected chi connectivity index (χ4v) is 2.24. The van der Waals surface area contributed by atoms with E-state index in [9.17, 15) is 9.59 Å². The van der Waals surface area contributed by atoms with Crippen LogP contribution in [-0.4, -0.2) is 29.1 Å². The number of unbranched alkanes of at least 4 members (excludes halogenated alkanes) is 1. The fourth-order valence-electron chi connectivity index (χ4n) is 2.01. The lowest BCUT2D eigenvalue weighted by molar-refractivity contribution is -0.131. The van der Waals surface area contributed by atoms with Crippen LogP contribution in [0.4, 0.5) is 4.79 Å². The summed E-state index contributed by atoms with van der Waals surface area (Å²) >= 11 is 4.11. The summed E-state index contributed by atoms with van der Waals surface area (Å²) in [4.78, 5) is 25.4. The first kappa shape index (κ1) is 13.0. The number of rotatable bonds is 5. The van der Waals surface area contributed by atoms with Gasteiger partial charge in [0, 0.05) is 6.54 Å². The molecule has 0 spiro atoms. The van der Waals surface area contributed by atoms with E-state index >= 15 is 0 Å². The number of amides is 3. The highest BCUT2D eigenvalue weighted by molar-refractivity contribution is 7.80. The van der Waals surface area contributed by atoms with Crippen LogP contribution >= 0.6 is 12.6 Å². The number of carbonyl (C=O) groups is 2. The zero-order chi connectivity index (χ0) is 13.2. The molecule has 0 aromatic carbocycles. The fraction of sp³-hybridized carbons (Fsp3) is 0.500. The van der Waals surface area contributed by atoms with Gasteiger partial charge in [0.25, 0.3) is 5.91 Å². The lowest BCUT2D eigenvalue weighted by Crippen LogP contribution is -2.40. The normalized spacial score (nSPS) is 23.6. The Labute approximate surface area is 111 Å². The Balaban J connectivity index is 2.13. The Morgan fingerprint density at radius 2 is 2.22 bits per heavy atom. The van der Waals surface area contributed by atoms with Crippen LogP contribution in [-0.2, 0) is 10.3 Å². The van der Waals surface area contributed by atoms with Crippen LogP contribution in [0.15, 0.2) is 22.8 Å². The van der Waals surface area contributed by atoms with Gasteiger partial charge < -0.3 is 9.73 Å². The molecule has 1 unspecified atom stereocenters. The van der Waals surface area contributed by atoms with Crippen LogP contribution in [0.25, 0.3) is 0 Å². The van der Waals surface area contributed by atoms with E-state index in [1.54, 1.807) is 19.1 Å². The summed E-state index contributed by atoms with van der Waals surface area (Å²) in [5, 5.41) is 2.68. The number of imide groups is 1. The number of furan rings is 1. The zero-order valence-electron chi connectivity index (χ0n) is 10.2. The van der Waals surface area contributed by atoms with Gasteiger partial charge in [-0.15, -0.1) is 0 Å². The van der Waals surface area contributed by atoms with Crippen LogP contribution in [0.2, 0.25) is 0 Å². The Morgan fingerprint density at radius 3 is 2.83 bits per heavy atom. The molecular weight excluding hydrogens is 252 g/mol. The van der Waals surface area contributed by atoms with E-state index in [4.69, 9.17) is 4.42 Å². The maximum Gasteiger partial charge on any atom is 0.325 e. The number of thiol groups is 1. The molecule has 98 valence electrons. The summed E-state index contributed by atoms with van der Waals surface area (Å²) in [6.07, 6.45) is 3.12. The van der Waals surface area contributed by atoms with Crippen LogP contribution < -0.4 is 5.32 Å². The van der Waals surface area contributed by atoms with E-state index in [1.807, 2.05) is 0 Å². The van der Waals surface area contributed by atoms with Gasteiger partial charge in [0.2, 0.25) is 0 Å². The highest BCUT2D eigenvalue weighted by Gasteiger charge is 2.50. The van der Waals surface area contributed by atoms with E-state index in [0.29, 0.717) is 12.3 Å². The van der Waals surface area contributed by atoms with Crippen molar-refractivity contribution in [2.45, 2.75) is 25.3 Å². The van der Waals surface area contributed by atoms with Gasteiger partial charge in [-0.2, -0.15) is 12.6 Å². The molecule has 1 aliphatic heterocycles. The number of urea groups is 1. The van der Waals surface area contributed by atoms with Crippen molar-refractivity contribution >= 4 is 24.6 Å². The molecule has 6 heteroatoms. The van der Waals surface area contributed by atoms with Gasteiger partial charge in [0.05, 0.1) is 6.26 Å². The average molecular weight is 268 g/mol. The second-order valence-corrected chi connectivity index (χ2v) is 4.87. The van der Waals surface area contributed by atoms with Gasteiger partial charge in [-0.05, 0) is 37.7 Å². The Bertz CT molecular complexity index is 446. The van der Waals surface area contributed by atoms with Crippen LogP contribution in [0.3, 0.4) is 0 Å². The summed E-state index contributed by atoms with van der Waals surface area (Å²) in [7, 11) is 0. The number of carbonyl (C=O) groups excluding carboxylic acids is 2. The molecule has 1 fully saturated rings. The monoisotopic (exact) mass is 268 g/mol. The van der Waals surface area contributed by atoms with Gasteiger partial charge >= 0.3 is 6.03 Å². The third-order valence-electron chi connectivity index (χ3n) is 3.08. The van der Waals surface area contributed by atoms with Gasteiger partial charge in [-0.3, -0.25) is 9.69 Å². The summed E-state index contributed by atoms with van der Waals surface area (Å²) in [5.41, 5.74) is -1.08. The van der Waals surface area contributed by atoms with Crippen molar-refractivity contribution in [1.82, 2.24) is 10.2 Å². The van der Waals surface area contributed by atoms with Crippen molar-refractivity contribution in [2.24, 2.45) is 0 Å². The van der Waals surface area contributed by atoms with Crippen molar-refractivity contribution in [3.63, 3.8) is 0 Å². The van der Waals surface area contributed by atoms with Gasteiger partial charge in [0.15, 0.2) is 5.54 Å². The summed E-state index contributed by atoms with van der Waals surface area (Å²) in [6, 6.07) is 3.02. The smallest absolute Gasteiger partial charge is 0.325 e. The Morgan fingerprint density at radius 1 is 1.44 bits per heavy atom. The minimum absolute atomic E-state index is 0.262. The summed E-state index contributed by atoms with van der Waals surface area (Å²) in [6.45, 7) is 2.08. The van der Waals surface area contributed by atoms with Crippen molar-refractivity contribution in [3.05, 3.63) is 24.2 Å². The van der Waals surface area contributed by atoms with Gasteiger partial charge in [-0.25, -0.2) is 4.79 Å². The van der Waals surface area contributed by atoms with Crippen molar-refractivity contribution in [1.29, 1.82) is 0 Å². The van der Waals surface area contributed by atoms with Crippen molar-refractivity contribution in [3.8, 4) is 0 Å². The molecule has 1 atom stereocenters. The molecule has 2 rings (SSSR count). The van der Waals surface area contributed by atoms with Crippen molar-refractivity contribution < 1.29 is 14.0 Å². The quantitative estimate of drug-likeness (QED) is 0.486. The Kier molecular flexibility index (Phi) is 3.65. The molecule has 2 heterocycles. The number of hydrogen-bond acceptors (Lipinski definition) is 4. The standard InChI is InChI=1S/C12H16N2O3S/c1-12(9-5-4-7-17-9)10(15)14(11(16)13-12)6-2-3-8-18/h4-5,7,18H,2-3,6,8H2,1H3,(H,13,16). The minimum atomic E-state index is -1.08. The number of nitrogens with one attached hydrogen (secondary N) is 1. The lowest BCUT2D eigenvalue weighted by atomic mass is 9.99. The first-order valence-corrected chi connectivity index (χ1v) is 6.52. The molecule has 0 aliphatic carbocycles. The number of hydrogen-bond donors (Lipinski definition) is 2. The van der Waals surface area contributed by atoms with Crippen LogP contribution in [0.1, 0.15) is 25.5 Å². The zero-order valence-corrected chi connectivity index (χ0v) is 11.1. The molecule has 1 aromatic rings. The molecule has 0 saturated carbocycles. The summed E-state index contributed by atoms with van der Waals surface area (Å²) in [5.74, 6) is 0.943. The molecule has 0 radical (unpaired) electrons. The van der Waals surface area contributed by atoms with E-state index in [0.717, 1.165) is 18.6 Å². The molecule has 1 aliphatic rings. The topological polar surface area (TPSA) is 62.6 Å². The average Bonchev–Trinajstić information content (AvgIpc) is 2.93. The molecule has 1 N–H and O–H groups in total. The first-order chi connectivity index (χ1) is 8.59. The van der Waals surface area contributed by atoms with Gasteiger partial charge in [-0.1, -0.05) is 0 Å². The first-order valence-electron chi connectivity index (χ1n) is 5.88. The largest absolute Gasteiger partial charge is 0.466 e. The van der Waals surface area contributed by atoms with E-state index in [2.05, 4.69) is 17.9 Å². The molecular formula is C12H16N2O3S. The number of nitrogens with zero attached hydrogens (tertiary/aromatic N) is 1. The van der Waals surface area contributed by atoms with Crippen molar-refractivity contribution in [2.75, 3.05) is 12.3 Å². The predicted octanol–water partition coefficient (Wildman–Crippen LogP) is 1.76. The minimum Gasteiger partial charge on any atom is -0.466 e.